The second kappa shape index (κ2) is 6.17. The van der Waals surface area contributed by atoms with Gasteiger partial charge in [-0.1, -0.05) is 6.92 Å². The summed E-state index contributed by atoms with van der Waals surface area (Å²) in [6.45, 7) is 12.9. The van der Waals surface area contributed by atoms with Gasteiger partial charge in [0.05, 0.1) is 0 Å². The molecule has 17 heavy (non-hydrogen) atoms. The number of rotatable bonds is 4. The van der Waals surface area contributed by atoms with Gasteiger partial charge in [-0.25, -0.2) is 0 Å². The molecule has 0 bridgehead atoms. The van der Waals surface area contributed by atoms with Crippen LogP contribution in [0.1, 0.15) is 40.5 Å². The van der Waals surface area contributed by atoms with E-state index in [0.29, 0.717) is 17.6 Å². The first kappa shape index (κ1) is 14.9. The van der Waals surface area contributed by atoms with E-state index in [2.05, 4.69) is 56.9 Å². The summed E-state index contributed by atoms with van der Waals surface area (Å²) in [5, 5.41) is 3.69. The van der Waals surface area contributed by atoms with Crippen molar-refractivity contribution in [1.29, 1.82) is 0 Å². The van der Waals surface area contributed by atoms with Gasteiger partial charge in [-0.3, -0.25) is 4.90 Å². The molecule has 1 rings (SSSR count). The van der Waals surface area contributed by atoms with E-state index in [1.165, 1.54) is 19.4 Å². The van der Waals surface area contributed by atoms with Gasteiger partial charge in [-0.15, -0.1) is 0 Å². The van der Waals surface area contributed by atoms with Gasteiger partial charge in [-0.05, 0) is 54.3 Å². The standard InChI is InChI=1S/C14H31N3/c1-7-12(2)17-11-13(10-16(5)6)15-9-8-14(17,3)4/h12-13,15H,7-11H2,1-6H3. The predicted molar refractivity (Wildman–Crippen MR) is 75.5 cm³/mol. The Hall–Kier alpha value is -0.120. The van der Waals surface area contributed by atoms with Crippen LogP contribution in [-0.4, -0.2) is 61.2 Å². The highest BCUT2D eigenvalue weighted by Gasteiger charge is 2.33. The van der Waals surface area contributed by atoms with Crippen molar-refractivity contribution in [2.24, 2.45) is 0 Å². The zero-order valence-electron chi connectivity index (χ0n) is 12.6. The molecule has 102 valence electrons. The Morgan fingerprint density at radius 3 is 2.59 bits per heavy atom. The van der Waals surface area contributed by atoms with Gasteiger partial charge in [-0.2, -0.15) is 0 Å². The number of hydrogen-bond acceptors (Lipinski definition) is 3. The summed E-state index contributed by atoms with van der Waals surface area (Å²) in [5.74, 6) is 0. The third-order valence-electron chi connectivity index (χ3n) is 4.07. The maximum absolute atomic E-state index is 3.69. The van der Waals surface area contributed by atoms with Crippen LogP contribution in [0.5, 0.6) is 0 Å². The topological polar surface area (TPSA) is 18.5 Å². The first-order valence-electron chi connectivity index (χ1n) is 7.01. The summed E-state index contributed by atoms with van der Waals surface area (Å²) in [6, 6.07) is 1.27. The van der Waals surface area contributed by atoms with E-state index in [-0.39, 0.29) is 0 Å². The molecule has 0 aromatic carbocycles. The second-order valence-electron chi connectivity index (χ2n) is 6.39. The largest absolute Gasteiger partial charge is 0.311 e. The molecule has 3 nitrogen and oxygen atoms in total. The van der Waals surface area contributed by atoms with E-state index < -0.39 is 0 Å². The first-order chi connectivity index (χ1) is 7.86. The molecule has 0 amide bonds. The molecule has 0 aromatic rings. The monoisotopic (exact) mass is 241 g/mol. The van der Waals surface area contributed by atoms with Crippen LogP contribution in [0.4, 0.5) is 0 Å². The molecule has 1 fully saturated rings. The van der Waals surface area contributed by atoms with Gasteiger partial charge in [0, 0.05) is 30.7 Å². The van der Waals surface area contributed by atoms with Gasteiger partial charge in [0.15, 0.2) is 0 Å². The highest BCUT2D eigenvalue weighted by Crippen LogP contribution is 2.25. The van der Waals surface area contributed by atoms with Crippen LogP contribution in [0.3, 0.4) is 0 Å². The molecule has 0 aliphatic carbocycles. The van der Waals surface area contributed by atoms with Crippen LogP contribution in [0, 0.1) is 0 Å². The number of hydrogen-bond donors (Lipinski definition) is 1. The van der Waals surface area contributed by atoms with E-state index in [1.54, 1.807) is 0 Å². The van der Waals surface area contributed by atoms with E-state index in [4.69, 9.17) is 0 Å². The molecule has 0 aromatic heterocycles. The first-order valence-corrected chi connectivity index (χ1v) is 7.01. The quantitative estimate of drug-likeness (QED) is 0.809. The van der Waals surface area contributed by atoms with Crippen LogP contribution in [0.25, 0.3) is 0 Å². The molecule has 1 aliphatic heterocycles. The van der Waals surface area contributed by atoms with Crippen molar-refractivity contribution in [3.05, 3.63) is 0 Å². The minimum atomic E-state index is 0.323. The van der Waals surface area contributed by atoms with E-state index in [0.717, 1.165) is 13.1 Å². The number of nitrogens with one attached hydrogen (secondary N) is 1. The maximum atomic E-state index is 3.69. The normalized spacial score (nSPS) is 28.1. The number of likely N-dealkylation sites (N-methyl/N-ethyl adjacent to an activating group) is 1. The molecule has 1 saturated heterocycles. The van der Waals surface area contributed by atoms with Crippen molar-refractivity contribution >= 4 is 0 Å². The van der Waals surface area contributed by atoms with E-state index >= 15 is 0 Å². The highest BCUT2D eigenvalue weighted by atomic mass is 15.3. The van der Waals surface area contributed by atoms with Crippen LogP contribution >= 0.6 is 0 Å². The fourth-order valence-electron chi connectivity index (χ4n) is 2.83. The average Bonchev–Trinajstić information content (AvgIpc) is 2.36. The lowest BCUT2D eigenvalue weighted by Gasteiger charge is -2.42. The molecule has 2 unspecified atom stereocenters. The van der Waals surface area contributed by atoms with Gasteiger partial charge in [0.2, 0.25) is 0 Å². The molecule has 1 N–H and O–H groups in total. The molecule has 3 heteroatoms. The number of nitrogens with zero attached hydrogens (tertiary/aromatic N) is 2. The maximum Gasteiger partial charge on any atom is 0.0322 e. The Kier molecular flexibility index (Phi) is 5.42. The minimum absolute atomic E-state index is 0.323. The third kappa shape index (κ3) is 4.23. The average molecular weight is 241 g/mol. The molecule has 0 spiro atoms. The molecular formula is C14H31N3. The van der Waals surface area contributed by atoms with Crippen molar-refractivity contribution in [3.63, 3.8) is 0 Å². The van der Waals surface area contributed by atoms with Crippen molar-refractivity contribution in [3.8, 4) is 0 Å². The van der Waals surface area contributed by atoms with Gasteiger partial charge in [0.25, 0.3) is 0 Å². The summed E-state index contributed by atoms with van der Waals surface area (Å²) in [7, 11) is 4.32. The zero-order chi connectivity index (χ0) is 13.1. The van der Waals surface area contributed by atoms with Gasteiger partial charge in [0.1, 0.15) is 0 Å². The van der Waals surface area contributed by atoms with Crippen molar-refractivity contribution in [2.75, 3.05) is 33.7 Å². The lowest BCUT2D eigenvalue weighted by Crippen LogP contribution is -2.52. The summed E-state index contributed by atoms with van der Waals surface area (Å²) in [6.07, 6.45) is 2.47. The fraction of sp³-hybridized carbons (Fsp3) is 1.00. The summed E-state index contributed by atoms with van der Waals surface area (Å²) < 4.78 is 0. The van der Waals surface area contributed by atoms with E-state index in [9.17, 15) is 0 Å². The zero-order valence-corrected chi connectivity index (χ0v) is 12.6. The van der Waals surface area contributed by atoms with Crippen molar-refractivity contribution in [2.45, 2.75) is 58.2 Å². The summed E-state index contributed by atoms with van der Waals surface area (Å²) in [4.78, 5) is 4.98. The molecule has 1 heterocycles. The minimum Gasteiger partial charge on any atom is -0.311 e. The third-order valence-corrected chi connectivity index (χ3v) is 4.07. The summed E-state index contributed by atoms with van der Waals surface area (Å²) in [5.41, 5.74) is 0.323. The molecule has 0 saturated carbocycles. The van der Waals surface area contributed by atoms with Gasteiger partial charge >= 0.3 is 0 Å². The second-order valence-corrected chi connectivity index (χ2v) is 6.39. The Balaban J connectivity index is 2.72. The van der Waals surface area contributed by atoms with Crippen LogP contribution in [-0.2, 0) is 0 Å². The van der Waals surface area contributed by atoms with Gasteiger partial charge < -0.3 is 10.2 Å². The fourth-order valence-corrected chi connectivity index (χ4v) is 2.83. The Morgan fingerprint density at radius 2 is 2.06 bits per heavy atom. The highest BCUT2D eigenvalue weighted by molar-refractivity contribution is 4.92. The molecule has 1 aliphatic rings. The van der Waals surface area contributed by atoms with Crippen molar-refractivity contribution < 1.29 is 0 Å². The predicted octanol–water partition coefficient (Wildman–Crippen LogP) is 1.79. The van der Waals surface area contributed by atoms with E-state index in [1.807, 2.05) is 0 Å². The lowest BCUT2D eigenvalue weighted by atomic mass is 9.96. The Morgan fingerprint density at radius 1 is 1.41 bits per heavy atom. The molecule has 0 radical (unpaired) electrons. The van der Waals surface area contributed by atoms with Crippen LogP contribution in [0.2, 0.25) is 0 Å². The SMILES string of the molecule is CCC(C)N1CC(CN(C)C)NCCC1(C)C. The van der Waals surface area contributed by atoms with Crippen LogP contribution in [0.15, 0.2) is 0 Å². The van der Waals surface area contributed by atoms with Crippen LogP contribution < -0.4 is 5.32 Å². The summed E-state index contributed by atoms with van der Waals surface area (Å²) >= 11 is 0. The Labute approximate surface area is 108 Å². The molecular weight excluding hydrogens is 210 g/mol. The Bertz CT molecular complexity index is 226. The lowest BCUT2D eigenvalue weighted by molar-refractivity contribution is 0.0711. The molecule has 2 atom stereocenters. The van der Waals surface area contributed by atoms with Crippen molar-refractivity contribution in [1.82, 2.24) is 15.1 Å². The smallest absolute Gasteiger partial charge is 0.0322 e.